The van der Waals surface area contributed by atoms with Crippen molar-refractivity contribution in [2.24, 2.45) is 0 Å². The van der Waals surface area contributed by atoms with Gasteiger partial charge in [-0.2, -0.15) is 0 Å². The van der Waals surface area contributed by atoms with E-state index in [0.717, 1.165) is 38.8 Å². The summed E-state index contributed by atoms with van der Waals surface area (Å²) in [7, 11) is 0. The van der Waals surface area contributed by atoms with Gasteiger partial charge < -0.3 is 15.1 Å². The third-order valence-electron chi connectivity index (χ3n) is 3.90. The van der Waals surface area contributed by atoms with Gasteiger partial charge in [-0.1, -0.05) is 13.8 Å². The van der Waals surface area contributed by atoms with Crippen LogP contribution in [0.5, 0.6) is 0 Å². The van der Waals surface area contributed by atoms with Crippen LogP contribution in [0, 0.1) is 0 Å². The normalized spacial score (nSPS) is 24.1. The van der Waals surface area contributed by atoms with E-state index in [0.29, 0.717) is 12.6 Å². The van der Waals surface area contributed by atoms with E-state index in [1.54, 1.807) is 9.80 Å². The number of carbonyl (C=O) groups is 2. The molecule has 1 unspecified atom stereocenters. The number of rotatable bonds is 5. The van der Waals surface area contributed by atoms with Gasteiger partial charge in [0.1, 0.15) is 6.04 Å². The first-order valence-electron chi connectivity index (χ1n) is 7.41. The molecule has 2 aliphatic heterocycles. The van der Waals surface area contributed by atoms with Crippen molar-refractivity contribution < 1.29 is 9.59 Å². The maximum absolute atomic E-state index is 12.3. The first kappa shape index (κ1) is 14.3. The molecule has 5 heteroatoms. The summed E-state index contributed by atoms with van der Waals surface area (Å²) in [6, 6.07) is 0.292. The Kier molecular flexibility index (Phi) is 4.80. The minimum absolute atomic E-state index is 0.126. The minimum atomic E-state index is -0.173. The number of hydrogen-bond donors (Lipinski definition) is 1. The van der Waals surface area contributed by atoms with E-state index in [-0.39, 0.29) is 24.4 Å². The van der Waals surface area contributed by atoms with Gasteiger partial charge in [0.05, 0.1) is 6.54 Å². The van der Waals surface area contributed by atoms with Crippen LogP contribution >= 0.6 is 0 Å². The molecule has 19 heavy (non-hydrogen) atoms. The van der Waals surface area contributed by atoms with Gasteiger partial charge in [0, 0.05) is 19.1 Å². The Morgan fingerprint density at radius 1 is 1.32 bits per heavy atom. The Balaban J connectivity index is 1.84. The van der Waals surface area contributed by atoms with Crippen molar-refractivity contribution in [2.75, 3.05) is 26.2 Å². The van der Waals surface area contributed by atoms with Crippen LogP contribution in [0.3, 0.4) is 0 Å². The molecule has 2 saturated heterocycles. The van der Waals surface area contributed by atoms with E-state index in [9.17, 15) is 9.59 Å². The van der Waals surface area contributed by atoms with E-state index in [1.165, 1.54) is 0 Å². The number of piperazine rings is 1. The molecule has 1 N–H and O–H groups in total. The molecule has 2 rings (SSSR count). The summed E-state index contributed by atoms with van der Waals surface area (Å²) in [4.78, 5) is 27.9. The van der Waals surface area contributed by atoms with Crippen molar-refractivity contribution in [1.82, 2.24) is 15.1 Å². The molecule has 5 nitrogen and oxygen atoms in total. The highest BCUT2D eigenvalue weighted by Gasteiger charge is 2.39. The summed E-state index contributed by atoms with van der Waals surface area (Å²) in [6.07, 6.45) is 3.84. The number of fused-ring (bicyclic) bond motifs is 1. The predicted octanol–water partition coefficient (Wildman–Crippen LogP) is 0.598. The van der Waals surface area contributed by atoms with E-state index >= 15 is 0 Å². The van der Waals surface area contributed by atoms with E-state index in [4.69, 9.17) is 0 Å². The summed E-state index contributed by atoms with van der Waals surface area (Å²) in [5, 5.41) is 3.33. The Bertz CT molecular complexity index is 344. The number of hydrogen-bond acceptors (Lipinski definition) is 3. The molecule has 0 bridgehead atoms. The first-order valence-corrected chi connectivity index (χ1v) is 7.41. The topological polar surface area (TPSA) is 52.7 Å². The number of nitrogens with zero attached hydrogens (tertiary/aromatic N) is 2. The van der Waals surface area contributed by atoms with E-state index in [2.05, 4.69) is 19.2 Å². The Morgan fingerprint density at radius 2 is 2.11 bits per heavy atom. The van der Waals surface area contributed by atoms with Crippen molar-refractivity contribution in [1.29, 1.82) is 0 Å². The van der Waals surface area contributed by atoms with Gasteiger partial charge in [-0.15, -0.1) is 0 Å². The van der Waals surface area contributed by atoms with Crippen LogP contribution in [0.15, 0.2) is 0 Å². The van der Waals surface area contributed by atoms with Crippen LogP contribution in [-0.4, -0.2) is 59.9 Å². The lowest BCUT2D eigenvalue weighted by atomic mass is 9.98. The third kappa shape index (κ3) is 3.47. The Hall–Kier alpha value is -1.10. The lowest BCUT2D eigenvalue weighted by molar-refractivity contribution is -0.157. The zero-order chi connectivity index (χ0) is 13.8. The number of amides is 2. The first-order chi connectivity index (χ1) is 9.09. The summed E-state index contributed by atoms with van der Waals surface area (Å²) in [5.74, 6) is 0.282. The van der Waals surface area contributed by atoms with E-state index < -0.39 is 0 Å². The van der Waals surface area contributed by atoms with Crippen LogP contribution in [-0.2, 0) is 9.59 Å². The molecule has 1 atom stereocenters. The molecule has 0 saturated carbocycles. The van der Waals surface area contributed by atoms with Crippen molar-refractivity contribution in [2.45, 2.75) is 51.6 Å². The van der Waals surface area contributed by atoms with Crippen molar-refractivity contribution in [3.63, 3.8) is 0 Å². The smallest absolute Gasteiger partial charge is 0.245 e. The second-order valence-corrected chi connectivity index (χ2v) is 5.82. The molecule has 0 spiro atoms. The fraction of sp³-hybridized carbons (Fsp3) is 0.857. The summed E-state index contributed by atoms with van der Waals surface area (Å²) >= 11 is 0. The van der Waals surface area contributed by atoms with Gasteiger partial charge in [0.25, 0.3) is 0 Å². The van der Waals surface area contributed by atoms with Gasteiger partial charge in [0.2, 0.25) is 11.8 Å². The summed E-state index contributed by atoms with van der Waals surface area (Å²) in [6.45, 7) is 6.83. The van der Waals surface area contributed by atoms with Gasteiger partial charge in [-0.3, -0.25) is 9.59 Å². The number of nitrogens with one attached hydrogen (secondary N) is 1. The fourth-order valence-electron chi connectivity index (χ4n) is 2.88. The number of piperidine rings is 1. The maximum atomic E-state index is 12.3. The SMILES string of the molecule is CC(C)NCCCN1CC(=O)N2CCCCC2C1=O. The minimum Gasteiger partial charge on any atom is -0.332 e. The highest BCUT2D eigenvalue weighted by atomic mass is 16.2. The van der Waals surface area contributed by atoms with Gasteiger partial charge in [-0.25, -0.2) is 0 Å². The second kappa shape index (κ2) is 6.37. The van der Waals surface area contributed by atoms with Crippen LogP contribution in [0.1, 0.15) is 39.5 Å². The number of carbonyl (C=O) groups excluding carboxylic acids is 2. The Labute approximate surface area is 115 Å². The highest BCUT2D eigenvalue weighted by Crippen LogP contribution is 2.22. The molecule has 2 amide bonds. The average Bonchev–Trinajstić information content (AvgIpc) is 2.40. The maximum Gasteiger partial charge on any atom is 0.245 e. The van der Waals surface area contributed by atoms with Gasteiger partial charge in [-0.05, 0) is 32.2 Å². The predicted molar refractivity (Wildman–Crippen MR) is 73.7 cm³/mol. The van der Waals surface area contributed by atoms with Gasteiger partial charge >= 0.3 is 0 Å². The third-order valence-corrected chi connectivity index (χ3v) is 3.90. The zero-order valence-corrected chi connectivity index (χ0v) is 12.0. The molecular weight excluding hydrogens is 242 g/mol. The summed E-state index contributed by atoms with van der Waals surface area (Å²) in [5.41, 5.74) is 0. The molecule has 0 aromatic rings. The molecule has 108 valence electrons. The van der Waals surface area contributed by atoms with Crippen molar-refractivity contribution in [3.05, 3.63) is 0 Å². The highest BCUT2D eigenvalue weighted by molar-refractivity contribution is 5.95. The quantitative estimate of drug-likeness (QED) is 0.742. The van der Waals surface area contributed by atoms with E-state index in [1.807, 2.05) is 0 Å². The largest absolute Gasteiger partial charge is 0.332 e. The standard InChI is InChI=1S/C14H25N3O2/c1-11(2)15-7-5-8-16-10-13(18)17-9-4-3-6-12(17)14(16)19/h11-12,15H,3-10H2,1-2H3. The van der Waals surface area contributed by atoms with Crippen LogP contribution in [0.4, 0.5) is 0 Å². The molecule has 0 radical (unpaired) electrons. The summed E-state index contributed by atoms with van der Waals surface area (Å²) < 4.78 is 0. The van der Waals surface area contributed by atoms with Gasteiger partial charge in [0.15, 0.2) is 0 Å². The molecule has 2 aliphatic rings. The second-order valence-electron chi connectivity index (χ2n) is 5.82. The average molecular weight is 267 g/mol. The monoisotopic (exact) mass is 267 g/mol. The fourth-order valence-corrected chi connectivity index (χ4v) is 2.88. The lowest BCUT2D eigenvalue weighted by Crippen LogP contribution is -2.61. The molecule has 0 aromatic carbocycles. The molecule has 0 aliphatic carbocycles. The molecule has 2 fully saturated rings. The van der Waals surface area contributed by atoms with Crippen molar-refractivity contribution in [3.8, 4) is 0 Å². The van der Waals surface area contributed by atoms with Crippen LogP contribution in [0.2, 0.25) is 0 Å². The zero-order valence-electron chi connectivity index (χ0n) is 12.0. The molecular formula is C14H25N3O2. The van der Waals surface area contributed by atoms with Crippen molar-refractivity contribution >= 4 is 11.8 Å². The van der Waals surface area contributed by atoms with Crippen LogP contribution < -0.4 is 5.32 Å². The lowest BCUT2D eigenvalue weighted by Gasteiger charge is -2.42. The molecule has 2 heterocycles. The molecule has 0 aromatic heterocycles. The van der Waals surface area contributed by atoms with Crippen LogP contribution in [0.25, 0.3) is 0 Å². The Morgan fingerprint density at radius 3 is 2.84 bits per heavy atom.